The Bertz CT molecular complexity index is 155. The summed E-state index contributed by atoms with van der Waals surface area (Å²) in [6, 6.07) is 0. The molecule has 0 saturated carbocycles. The van der Waals surface area contributed by atoms with Gasteiger partial charge in [-0.25, -0.2) is 0 Å². The SMILES string of the molecule is CCC(C)C12CCCN1CC2. The molecule has 2 unspecified atom stereocenters. The predicted molar refractivity (Wildman–Crippen MR) is 47.6 cm³/mol. The lowest BCUT2D eigenvalue weighted by molar-refractivity contribution is -0.0190. The molecule has 64 valence electrons. The molecule has 0 aromatic heterocycles. The van der Waals surface area contributed by atoms with E-state index in [1.54, 1.807) is 0 Å². The van der Waals surface area contributed by atoms with Gasteiger partial charge in [0.1, 0.15) is 0 Å². The van der Waals surface area contributed by atoms with Crippen molar-refractivity contribution in [3.63, 3.8) is 0 Å². The van der Waals surface area contributed by atoms with E-state index >= 15 is 0 Å². The van der Waals surface area contributed by atoms with E-state index in [4.69, 9.17) is 0 Å². The molecule has 0 spiro atoms. The van der Waals surface area contributed by atoms with Gasteiger partial charge in [0, 0.05) is 12.1 Å². The van der Waals surface area contributed by atoms with E-state index in [0.717, 1.165) is 5.92 Å². The fraction of sp³-hybridized carbons (Fsp3) is 1.00. The Morgan fingerprint density at radius 2 is 2.18 bits per heavy atom. The van der Waals surface area contributed by atoms with Gasteiger partial charge < -0.3 is 0 Å². The predicted octanol–water partition coefficient (Wildman–Crippen LogP) is 2.27. The first kappa shape index (κ1) is 7.60. The Kier molecular flexibility index (Phi) is 1.71. The summed E-state index contributed by atoms with van der Waals surface area (Å²) in [5, 5.41) is 0. The zero-order valence-electron chi connectivity index (χ0n) is 7.77. The van der Waals surface area contributed by atoms with E-state index in [0.29, 0.717) is 5.54 Å². The maximum Gasteiger partial charge on any atom is 0.0247 e. The second kappa shape index (κ2) is 2.48. The molecule has 2 fully saturated rings. The lowest BCUT2D eigenvalue weighted by Gasteiger charge is -2.52. The number of hydrogen-bond acceptors (Lipinski definition) is 1. The highest BCUT2D eigenvalue weighted by molar-refractivity contribution is 5.06. The Hall–Kier alpha value is -0.0400. The van der Waals surface area contributed by atoms with E-state index in [1.165, 1.54) is 38.8 Å². The largest absolute Gasteiger partial charge is 0.297 e. The van der Waals surface area contributed by atoms with Gasteiger partial charge in [0.15, 0.2) is 0 Å². The monoisotopic (exact) mass is 153 g/mol. The standard InChI is InChI=1S/C10H19N/c1-3-9(2)10-5-4-7-11(10)8-6-10/h9H,3-8H2,1-2H3. The van der Waals surface area contributed by atoms with Gasteiger partial charge in [0.05, 0.1) is 0 Å². The number of nitrogens with zero attached hydrogens (tertiary/aromatic N) is 1. The molecular weight excluding hydrogens is 134 g/mol. The third-order valence-corrected chi connectivity index (χ3v) is 4.01. The summed E-state index contributed by atoms with van der Waals surface area (Å²) < 4.78 is 0. The van der Waals surface area contributed by atoms with Gasteiger partial charge in [0.2, 0.25) is 0 Å². The molecular formula is C10H19N. The molecule has 2 saturated heterocycles. The average Bonchev–Trinajstić information content (AvgIpc) is 2.27. The molecule has 2 atom stereocenters. The van der Waals surface area contributed by atoms with Crippen molar-refractivity contribution >= 4 is 0 Å². The minimum absolute atomic E-state index is 0.675. The van der Waals surface area contributed by atoms with Crippen molar-refractivity contribution in [2.24, 2.45) is 5.92 Å². The van der Waals surface area contributed by atoms with Crippen LogP contribution in [0.25, 0.3) is 0 Å². The zero-order valence-corrected chi connectivity index (χ0v) is 7.77. The minimum atomic E-state index is 0.675. The number of rotatable bonds is 2. The molecule has 1 nitrogen and oxygen atoms in total. The Morgan fingerprint density at radius 3 is 2.64 bits per heavy atom. The molecule has 2 aliphatic rings. The molecule has 0 bridgehead atoms. The van der Waals surface area contributed by atoms with E-state index < -0.39 is 0 Å². The summed E-state index contributed by atoms with van der Waals surface area (Å²) in [7, 11) is 0. The maximum atomic E-state index is 2.71. The summed E-state index contributed by atoms with van der Waals surface area (Å²) >= 11 is 0. The molecule has 2 heterocycles. The molecule has 0 amide bonds. The topological polar surface area (TPSA) is 3.24 Å². The van der Waals surface area contributed by atoms with Crippen LogP contribution in [0, 0.1) is 5.92 Å². The van der Waals surface area contributed by atoms with Crippen LogP contribution in [-0.4, -0.2) is 23.5 Å². The van der Waals surface area contributed by atoms with E-state index in [9.17, 15) is 0 Å². The van der Waals surface area contributed by atoms with E-state index in [-0.39, 0.29) is 0 Å². The van der Waals surface area contributed by atoms with Crippen LogP contribution in [0.2, 0.25) is 0 Å². The summed E-state index contributed by atoms with van der Waals surface area (Å²) in [6.45, 7) is 7.51. The first-order valence-corrected chi connectivity index (χ1v) is 5.04. The summed E-state index contributed by atoms with van der Waals surface area (Å²) in [6.07, 6.45) is 5.75. The summed E-state index contributed by atoms with van der Waals surface area (Å²) in [5.74, 6) is 0.929. The van der Waals surface area contributed by atoms with E-state index in [1.807, 2.05) is 0 Å². The van der Waals surface area contributed by atoms with Crippen LogP contribution in [0.4, 0.5) is 0 Å². The van der Waals surface area contributed by atoms with Crippen LogP contribution in [0.15, 0.2) is 0 Å². The van der Waals surface area contributed by atoms with Crippen LogP contribution < -0.4 is 0 Å². The Balaban J connectivity index is 2.09. The fourth-order valence-electron chi connectivity index (χ4n) is 2.94. The molecule has 0 aromatic carbocycles. The highest BCUT2D eigenvalue weighted by Gasteiger charge is 2.50. The first-order chi connectivity index (χ1) is 5.29. The second-order valence-electron chi connectivity index (χ2n) is 4.25. The van der Waals surface area contributed by atoms with Crippen molar-refractivity contribution in [3.05, 3.63) is 0 Å². The minimum Gasteiger partial charge on any atom is -0.297 e. The smallest absolute Gasteiger partial charge is 0.0247 e. The van der Waals surface area contributed by atoms with Crippen LogP contribution in [0.5, 0.6) is 0 Å². The van der Waals surface area contributed by atoms with Crippen molar-refractivity contribution in [3.8, 4) is 0 Å². The quantitative estimate of drug-likeness (QED) is 0.588. The zero-order chi connectivity index (χ0) is 7.90. The number of hydrogen-bond donors (Lipinski definition) is 0. The summed E-state index contributed by atoms with van der Waals surface area (Å²) in [4.78, 5) is 2.71. The molecule has 11 heavy (non-hydrogen) atoms. The first-order valence-electron chi connectivity index (χ1n) is 5.04. The van der Waals surface area contributed by atoms with Gasteiger partial charge in [-0.15, -0.1) is 0 Å². The Morgan fingerprint density at radius 1 is 1.36 bits per heavy atom. The van der Waals surface area contributed by atoms with Crippen molar-refractivity contribution in [1.29, 1.82) is 0 Å². The number of fused-ring (bicyclic) bond motifs is 1. The van der Waals surface area contributed by atoms with Crippen molar-refractivity contribution in [2.45, 2.75) is 45.1 Å². The molecule has 0 radical (unpaired) electrons. The molecule has 1 heteroatoms. The van der Waals surface area contributed by atoms with Gasteiger partial charge in [-0.1, -0.05) is 20.3 Å². The molecule has 2 aliphatic heterocycles. The fourth-order valence-corrected chi connectivity index (χ4v) is 2.94. The maximum absolute atomic E-state index is 2.71. The average molecular weight is 153 g/mol. The second-order valence-corrected chi connectivity index (χ2v) is 4.25. The van der Waals surface area contributed by atoms with Crippen molar-refractivity contribution in [2.75, 3.05) is 13.1 Å². The third kappa shape index (κ3) is 0.868. The Labute approximate surface area is 69.8 Å². The van der Waals surface area contributed by atoms with Gasteiger partial charge >= 0.3 is 0 Å². The third-order valence-electron chi connectivity index (χ3n) is 4.01. The lowest BCUT2D eigenvalue weighted by atomic mass is 9.73. The van der Waals surface area contributed by atoms with Gasteiger partial charge in [-0.05, 0) is 31.7 Å². The van der Waals surface area contributed by atoms with E-state index in [2.05, 4.69) is 18.7 Å². The summed E-state index contributed by atoms with van der Waals surface area (Å²) in [5.41, 5.74) is 0.675. The molecule has 0 N–H and O–H groups in total. The van der Waals surface area contributed by atoms with Crippen LogP contribution in [-0.2, 0) is 0 Å². The van der Waals surface area contributed by atoms with Crippen LogP contribution in [0.3, 0.4) is 0 Å². The normalized spacial score (nSPS) is 39.8. The molecule has 2 rings (SSSR count). The van der Waals surface area contributed by atoms with Crippen molar-refractivity contribution < 1.29 is 0 Å². The highest BCUT2D eigenvalue weighted by Crippen LogP contribution is 2.46. The van der Waals surface area contributed by atoms with Gasteiger partial charge in [-0.2, -0.15) is 0 Å². The molecule has 0 aromatic rings. The van der Waals surface area contributed by atoms with Gasteiger partial charge in [-0.3, -0.25) is 4.90 Å². The molecule has 0 aliphatic carbocycles. The van der Waals surface area contributed by atoms with Crippen LogP contribution in [0.1, 0.15) is 39.5 Å². The highest BCUT2D eigenvalue weighted by atomic mass is 15.3. The van der Waals surface area contributed by atoms with Crippen LogP contribution >= 0.6 is 0 Å². The van der Waals surface area contributed by atoms with Gasteiger partial charge in [0.25, 0.3) is 0 Å². The lowest BCUT2D eigenvalue weighted by Crippen LogP contribution is -2.59. The van der Waals surface area contributed by atoms with Crippen molar-refractivity contribution in [1.82, 2.24) is 4.90 Å².